The largest absolute Gasteiger partial charge is 0.399 e. The molecular weight excluding hydrogens is 196 g/mol. The summed E-state index contributed by atoms with van der Waals surface area (Å²) in [5.74, 6) is 0. The summed E-state index contributed by atoms with van der Waals surface area (Å²) in [5, 5.41) is 0. The summed E-state index contributed by atoms with van der Waals surface area (Å²) < 4.78 is 0. The molecule has 0 spiro atoms. The van der Waals surface area contributed by atoms with E-state index in [1.165, 1.54) is 22.3 Å². The van der Waals surface area contributed by atoms with Gasteiger partial charge in [-0.15, -0.1) is 0 Å². The van der Waals surface area contributed by atoms with Gasteiger partial charge in [0.05, 0.1) is 5.69 Å². The molecule has 2 rings (SSSR count). The molecular formula is C14H16N2. The second kappa shape index (κ2) is 3.97. The van der Waals surface area contributed by atoms with Crippen LogP contribution in [0, 0.1) is 20.8 Å². The number of nitrogen functional groups attached to an aromatic ring is 1. The number of pyridine rings is 1. The van der Waals surface area contributed by atoms with Gasteiger partial charge in [-0.1, -0.05) is 17.7 Å². The minimum Gasteiger partial charge on any atom is -0.399 e. The third-order valence-corrected chi connectivity index (χ3v) is 2.72. The SMILES string of the molecule is Cc1cc(C)c(-c2cc(N)ccn2)c(C)c1. The van der Waals surface area contributed by atoms with Crippen LogP contribution in [0.15, 0.2) is 30.5 Å². The molecule has 0 saturated carbocycles. The van der Waals surface area contributed by atoms with Gasteiger partial charge in [0.2, 0.25) is 0 Å². The van der Waals surface area contributed by atoms with Crippen molar-refractivity contribution in [1.82, 2.24) is 4.98 Å². The summed E-state index contributed by atoms with van der Waals surface area (Å²) in [4.78, 5) is 4.38. The van der Waals surface area contributed by atoms with Crippen LogP contribution in [0.3, 0.4) is 0 Å². The van der Waals surface area contributed by atoms with Gasteiger partial charge in [0.1, 0.15) is 0 Å². The van der Waals surface area contributed by atoms with E-state index >= 15 is 0 Å². The number of benzene rings is 1. The van der Waals surface area contributed by atoms with Gasteiger partial charge in [-0.3, -0.25) is 4.98 Å². The Kier molecular flexibility index (Phi) is 2.65. The zero-order valence-corrected chi connectivity index (χ0v) is 9.91. The minimum absolute atomic E-state index is 0.754. The van der Waals surface area contributed by atoms with Gasteiger partial charge in [0.15, 0.2) is 0 Å². The fourth-order valence-corrected chi connectivity index (χ4v) is 2.17. The van der Waals surface area contributed by atoms with Gasteiger partial charge >= 0.3 is 0 Å². The average molecular weight is 212 g/mol. The Balaban J connectivity index is 2.64. The van der Waals surface area contributed by atoms with Crippen molar-refractivity contribution in [3.63, 3.8) is 0 Å². The van der Waals surface area contributed by atoms with E-state index in [1.54, 1.807) is 6.20 Å². The number of rotatable bonds is 1. The Morgan fingerprint density at radius 2 is 1.62 bits per heavy atom. The highest BCUT2D eigenvalue weighted by Crippen LogP contribution is 2.27. The van der Waals surface area contributed by atoms with Gasteiger partial charge in [0.25, 0.3) is 0 Å². The molecule has 0 fully saturated rings. The van der Waals surface area contributed by atoms with Crippen molar-refractivity contribution in [2.24, 2.45) is 0 Å². The molecule has 0 amide bonds. The van der Waals surface area contributed by atoms with Gasteiger partial charge in [0, 0.05) is 17.4 Å². The molecule has 0 atom stereocenters. The number of nitrogens with zero attached hydrogens (tertiary/aromatic N) is 1. The highest BCUT2D eigenvalue weighted by atomic mass is 14.7. The third kappa shape index (κ3) is 1.91. The number of hydrogen-bond donors (Lipinski definition) is 1. The molecule has 0 bridgehead atoms. The maximum absolute atomic E-state index is 5.79. The van der Waals surface area contributed by atoms with Crippen LogP contribution in [0.1, 0.15) is 16.7 Å². The average Bonchev–Trinajstić information content (AvgIpc) is 2.15. The summed E-state index contributed by atoms with van der Waals surface area (Å²) in [7, 11) is 0. The van der Waals surface area contributed by atoms with Gasteiger partial charge in [-0.05, 0) is 44.0 Å². The molecule has 0 unspecified atom stereocenters. The van der Waals surface area contributed by atoms with E-state index in [1.807, 2.05) is 12.1 Å². The van der Waals surface area contributed by atoms with Crippen molar-refractivity contribution in [3.8, 4) is 11.3 Å². The molecule has 0 radical (unpaired) electrons. The van der Waals surface area contributed by atoms with Crippen LogP contribution < -0.4 is 5.73 Å². The molecule has 0 aliphatic heterocycles. The predicted octanol–water partition coefficient (Wildman–Crippen LogP) is 3.26. The van der Waals surface area contributed by atoms with Crippen LogP contribution in [-0.4, -0.2) is 4.98 Å². The van der Waals surface area contributed by atoms with Crippen molar-refractivity contribution < 1.29 is 0 Å². The molecule has 0 saturated heterocycles. The number of aromatic nitrogens is 1. The summed E-state index contributed by atoms with van der Waals surface area (Å²) >= 11 is 0. The standard InChI is InChI=1S/C14H16N2/c1-9-6-10(2)14(11(3)7-9)13-8-12(15)4-5-16-13/h4-8H,1-3H3,(H2,15,16). The number of anilines is 1. The van der Waals surface area contributed by atoms with Crippen molar-refractivity contribution in [1.29, 1.82) is 0 Å². The van der Waals surface area contributed by atoms with Crippen molar-refractivity contribution in [3.05, 3.63) is 47.2 Å². The van der Waals surface area contributed by atoms with Gasteiger partial charge in [-0.25, -0.2) is 0 Å². The van der Waals surface area contributed by atoms with Crippen LogP contribution in [-0.2, 0) is 0 Å². The number of nitrogens with two attached hydrogens (primary N) is 1. The lowest BCUT2D eigenvalue weighted by atomic mass is 9.97. The normalized spacial score (nSPS) is 10.4. The van der Waals surface area contributed by atoms with E-state index in [4.69, 9.17) is 5.73 Å². The lowest BCUT2D eigenvalue weighted by Crippen LogP contribution is -1.94. The molecule has 2 N–H and O–H groups in total. The minimum atomic E-state index is 0.754. The molecule has 1 aromatic carbocycles. The van der Waals surface area contributed by atoms with E-state index in [2.05, 4.69) is 37.9 Å². The van der Waals surface area contributed by atoms with Crippen LogP contribution in [0.5, 0.6) is 0 Å². The first kappa shape index (κ1) is 10.7. The van der Waals surface area contributed by atoms with Crippen LogP contribution in [0.25, 0.3) is 11.3 Å². The molecule has 0 aliphatic rings. The number of hydrogen-bond acceptors (Lipinski definition) is 2. The highest BCUT2D eigenvalue weighted by molar-refractivity contribution is 5.70. The summed E-state index contributed by atoms with van der Waals surface area (Å²) in [6.07, 6.45) is 1.75. The van der Waals surface area contributed by atoms with Crippen LogP contribution >= 0.6 is 0 Å². The van der Waals surface area contributed by atoms with Crippen molar-refractivity contribution in [2.75, 3.05) is 5.73 Å². The first-order chi connectivity index (χ1) is 7.58. The lowest BCUT2D eigenvalue weighted by Gasteiger charge is -2.11. The quantitative estimate of drug-likeness (QED) is 0.788. The highest BCUT2D eigenvalue weighted by Gasteiger charge is 2.07. The van der Waals surface area contributed by atoms with E-state index in [9.17, 15) is 0 Å². The van der Waals surface area contributed by atoms with E-state index < -0.39 is 0 Å². The maximum atomic E-state index is 5.79. The zero-order chi connectivity index (χ0) is 11.7. The summed E-state index contributed by atoms with van der Waals surface area (Å²) in [6, 6.07) is 8.08. The topological polar surface area (TPSA) is 38.9 Å². The van der Waals surface area contributed by atoms with Gasteiger partial charge in [-0.2, -0.15) is 0 Å². The molecule has 2 aromatic rings. The molecule has 1 heterocycles. The Hall–Kier alpha value is -1.83. The summed E-state index contributed by atoms with van der Waals surface area (Å²) in [6.45, 7) is 6.33. The maximum Gasteiger partial charge on any atom is 0.0727 e. The Morgan fingerprint density at radius 3 is 2.19 bits per heavy atom. The van der Waals surface area contributed by atoms with Crippen LogP contribution in [0.4, 0.5) is 5.69 Å². The van der Waals surface area contributed by atoms with Gasteiger partial charge < -0.3 is 5.73 Å². The monoisotopic (exact) mass is 212 g/mol. The Bertz CT molecular complexity index is 507. The Morgan fingerprint density at radius 1 is 1.00 bits per heavy atom. The molecule has 82 valence electrons. The van der Waals surface area contributed by atoms with Crippen molar-refractivity contribution in [2.45, 2.75) is 20.8 Å². The van der Waals surface area contributed by atoms with E-state index in [0.717, 1.165) is 11.4 Å². The zero-order valence-electron chi connectivity index (χ0n) is 9.91. The predicted molar refractivity (Wildman–Crippen MR) is 68.3 cm³/mol. The molecule has 16 heavy (non-hydrogen) atoms. The van der Waals surface area contributed by atoms with E-state index in [0.29, 0.717) is 0 Å². The third-order valence-electron chi connectivity index (χ3n) is 2.72. The second-order valence-electron chi connectivity index (χ2n) is 4.25. The Labute approximate surface area is 96.1 Å². The lowest BCUT2D eigenvalue weighted by molar-refractivity contribution is 1.26. The second-order valence-corrected chi connectivity index (χ2v) is 4.25. The summed E-state index contributed by atoms with van der Waals surface area (Å²) in [5.41, 5.74) is 12.5. The molecule has 0 aliphatic carbocycles. The molecule has 2 nitrogen and oxygen atoms in total. The van der Waals surface area contributed by atoms with Crippen molar-refractivity contribution >= 4 is 5.69 Å². The molecule has 1 aromatic heterocycles. The first-order valence-corrected chi connectivity index (χ1v) is 5.37. The fourth-order valence-electron chi connectivity index (χ4n) is 2.17. The molecule has 2 heteroatoms. The van der Waals surface area contributed by atoms with Crippen LogP contribution in [0.2, 0.25) is 0 Å². The smallest absolute Gasteiger partial charge is 0.0727 e. The number of aryl methyl sites for hydroxylation is 3. The fraction of sp³-hybridized carbons (Fsp3) is 0.214. The first-order valence-electron chi connectivity index (χ1n) is 5.37. The van der Waals surface area contributed by atoms with E-state index in [-0.39, 0.29) is 0 Å².